The van der Waals surface area contributed by atoms with Crippen LogP contribution >= 0.6 is 0 Å². The molecule has 2 aliphatic heterocycles. The molecular formula is C23H26N2O9. The molecule has 11 nitrogen and oxygen atoms in total. The van der Waals surface area contributed by atoms with E-state index in [0.29, 0.717) is 5.69 Å². The summed E-state index contributed by atoms with van der Waals surface area (Å²) < 4.78 is 26.0. The Kier molecular flexibility index (Phi) is 7.57. The summed E-state index contributed by atoms with van der Waals surface area (Å²) in [7, 11) is 1.43. The van der Waals surface area contributed by atoms with Gasteiger partial charge in [-0.2, -0.15) is 0 Å². The van der Waals surface area contributed by atoms with Crippen LogP contribution in [0.2, 0.25) is 0 Å². The van der Waals surface area contributed by atoms with E-state index in [1.807, 2.05) is 0 Å². The van der Waals surface area contributed by atoms with Gasteiger partial charge in [0.15, 0.2) is 0 Å². The maximum Gasteiger partial charge on any atom is 0.341 e. The number of methoxy groups -OCH3 is 1. The number of nitrogens with two attached hydrogens (primary N) is 1. The average Bonchev–Trinajstić information content (AvgIpc) is 3.06. The zero-order chi connectivity index (χ0) is 24.9. The second kappa shape index (κ2) is 10.4. The molecule has 0 bridgehead atoms. The Bertz CT molecular complexity index is 1080. The van der Waals surface area contributed by atoms with Gasteiger partial charge < -0.3 is 34.7 Å². The normalized spacial score (nSPS) is 18.9. The Morgan fingerprint density at radius 3 is 2.35 bits per heavy atom. The van der Waals surface area contributed by atoms with Crippen molar-refractivity contribution in [2.24, 2.45) is 5.73 Å². The number of hydrogen-bond acceptors (Lipinski definition) is 10. The third-order valence-electron chi connectivity index (χ3n) is 5.24. The zero-order valence-electron chi connectivity index (χ0n) is 19.1. The van der Waals surface area contributed by atoms with Gasteiger partial charge in [0.1, 0.15) is 35.3 Å². The van der Waals surface area contributed by atoms with E-state index in [0.717, 1.165) is 0 Å². The van der Waals surface area contributed by atoms with Crippen molar-refractivity contribution in [3.63, 3.8) is 0 Å². The van der Waals surface area contributed by atoms with E-state index in [4.69, 9.17) is 29.4 Å². The fraction of sp³-hybridized carbons (Fsp3) is 0.391. The number of benzene rings is 1. The van der Waals surface area contributed by atoms with Crippen molar-refractivity contribution in [2.45, 2.75) is 25.7 Å². The van der Waals surface area contributed by atoms with Crippen molar-refractivity contribution in [3.05, 3.63) is 52.6 Å². The minimum atomic E-state index is -2.07. The molecule has 0 unspecified atom stereocenters. The SMILES string of the molecule is CCOC(=O)CC1=C(C(=O)OCC)[C@@]2(C(=O)Nc3ccccc32)C(C(=O)OCCOC)=C(N)O1. The highest BCUT2D eigenvalue weighted by Gasteiger charge is 2.62. The van der Waals surface area contributed by atoms with Crippen molar-refractivity contribution < 1.29 is 42.9 Å². The number of fused-ring (bicyclic) bond motifs is 2. The number of para-hydroxylation sites is 1. The van der Waals surface area contributed by atoms with Crippen LogP contribution in [0.4, 0.5) is 5.69 Å². The van der Waals surface area contributed by atoms with Gasteiger partial charge in [-0.3, -0.25) is 9.59 Å². The lowest BCUT2D eigenvalue weighted by Gasteiger charge is -2.36. The van der Waals surface area contributed by atoms with E-state index < -0.39 is 47.1 Å². The first-order valence-corrected chi connectivity index (χ1v) is 10.6. The third-order valence-corrected chi connectivity index (χ3v) is 5.24. The van der Waals surface area contributed by atoms with Gasteiger partial charge in [-0.1, -0.05) is 18.2 Å². The predicted molar refractivity (Wildman–Crippen MR) is 117 cm³/mol. The second-order valence-corrected chi connectivity index (χ2v) is 7.22. The molecule has 2 aliphatic rings. The largest absolute Gasteiger partial charge is 0.466 e. The number of hydrogen-bond donors (Lipinski definition) is 2. The fourth-order valence-electron chi connectivity index (χ4n) is 3.99. The molecule has 0 saturated heterocycles. The molecule has 0 aromatic heterocycles. The topological polar surface area (TPSA) is 152 Å². The predicted octanol–water partition coefficient (Wildman–Crippen LogP) is 1.04. The number of esters is 3. The van der Waals surface area contributed by atoms with Crippen molar-refractivity contribution in [2.75, 3.05) is 38.9 Å². The van der Waals surface area contributed by atoms with Gasteiger partial charge in [-0.15, -0.1) is 0 Å². The van der Waals surface area contributed by atoms with Crippen LogP contribution in [-0.2, 0) is 48.3 Å². The van der Waals surface area contributed by atoms with Crippen molar-refractivity contribution in [1.82, 2.24) is 0 Å². The summed E-state index contributed by atoms with van der Waals surface area (Å²) in [4.78, 5) is 52.4. The Morgan fingerprint density at radius 1 is 1.00 bits per heavy atom. The monoisotopic (exact) mass is 474 g/mol. The Hall–Kier alpha value is -3.86. The summed E-state index contributed by atoms with van der Waals surface area (Å²) in [5.41, 5.74) is 3.93. The smallest absolute Gasteiger partial charge is 0.341 e. The van der Waals surface area contributed by atoms with Crippen LogP contribution in [0.25, 0.3) is 0 Å². The molecule has 2 heterocycles. The van der Waals surface area contributed by atoms with Crippen LogP contribution in [0.3, 0.4) is 0 Å². The maximum absolute atomic E-state index is 13.6. The Labute approximate surface area is 195 Å². The molecule has 1 aromatic rings. The number of nitrogens with one attached hydrogen (secondary N) is 1. The van der Waals surface area contributed by atoms with E-state index in [9.17, 15) is 19.2 Å². The minimum Gasteiger partial charge on any atom is -0.466 e. The molecule has 3 N–H and O–H groups in total. The quantitative estimate of drug-likeness (QED) is 0.301. The molecule has 0 saturated carbocycles. The molecule has 1 atom stereocenters. The third kappa shape index (κ3) is 4.21. The number of amides is 1. The van der Waals surface area contributed by atoms with Crippen LogP contribution in [0, 0.1) is 0 Å². The van der Waals surface area contributed by atoms with Crippen LogP contribution in [0.15, 0.2) is 47.1 Å². The van der Waals surface area contributed by atoms with E-state index in [1.54, 1.807) is 38.1 Å². The Balaban J connectivity index is 2.30. The van der Waals surface area contributed by atoms with Gasteiger partial charge in [-0.25, -0.2) is 9.59 Å². The van der Waals surface area contributed by atoms with E-state index in [-0.39, 0.29) is 43.3 Å². The first-order valence-electron chi connectivity index (χ1n) is 10.6. The van der Waals surface area contributed by atoms with Crippen LogP contribution in [-0.4, -0.2) is 57.4 Å². The minimum absolute atomic E-state index is 0.0405. The van der Waals surface area contributed by atoms with Crippen LogP contribution < -0.4 is 11.1 Å². The number of rotatable bonds is 9. The number of carbonyl (C=O) groups is 4. The number of carbonyl (C=O) groups excluding carboxylic acids is 4. The number of anilines is 1. The second-order valence-electron chi connectivity index (χ2n) is 7.22. The van der Waals surface area contributed by atoms with Gasteiger partial charge in [0.25, 0.3) is 0 Å². The Morgan fingerprint density at radius 2 is 1.68 bits per heavy atom. The van der Waals surface area contributed by atoms with E-state index >= 15 is 0 Å². The first-order chi connectivity index (χ1) is 16.3. The van der Waals surface area contributed by atoms with Gasteiger partial charge in [0.05, 0.1) is 19.8 Å². The molecule has 0 radical (unpaired) electrons. The van der Waals surface area contributed by atoms with E-state index in [1.165, 1.54) is 7.11 Å². The van der Waals surface area contributed by atoms with Gasteiger partial charge in [-0.05, 0) is 19.9 Å². The van der Waals surface area contributed by atoms with Crippen molar-refractivity contribution in [3.8, 4) is 0 Å². The van der Waals surface area contributed by atoms with E-state index in [2.05, 4.69) is 5.32 Å². The summed E-state index contributed by atoms with van der Waals surface area (Å²) in [6.45, 7) is 3.18. The highest BCUT2D eigenvalue weighted by atomic mass is 16.6. The van der Waals surface area contributed by atoms with Crippen molar-refractivity contribution in [1.29, 1.82) is 0 Å². The lowest BCUT2D eigenvalue weighted by molar-refractivity contribution is -0.144. The number of ether oxygens (including phenoxy) is 5. The maximum atomic E-state index is 13.6. The molecular weight excluding hydrogens is 448 g/mol. The molecule has 0 aliphatic carbocycles. The molecule has 182 valence electrons. The molecule has 1 spiro atoms. The van der Waals surface area contributed by atoms with Gasteiger partial charge >= 0.3 is 17.9 Å². The van der Waals surface area contributed by atoms with Crippen LogP contribution in [0.1, 0.15) is 25.8 Å². The lowest BCUT2D eigenvalue weighted by atomic mass is 9.67. The first kappa shape index (κ1) is 24.8. The average molecular weight is 474 g/mol. The molecule has 34 heavy (non-hydrogen) atoms. The van der Waals surface area contributed by atoms with Gasteiger partial charge in [0.2, 0.25) is 11.8 Å². The molecule has 3 rings (SSSR count). The van der Waals surface area contributed by atoms with Gasteiger partial charge in [0, 0.05) is 18.4 Å². The van der Waals surface area contributed by atoms with Crippen molar-refractivity contribution >= 4 is 29.5 Å². The highest BCUT2D eigenvalue weighted by Crippen LogP contribution is 2.52. The summed E-state index contributed by atoms with van der Waals surface area (Å²) in [6.07, 6.45) is -0.522. The zero-order valence-corrected chi connectivity index (χ0v) is 19.1. The molecule has 1 aromatic carbocycles. The lowest BCUT2D eigenvalue weighted by Crippen LogP contribution is -2.49. The summed E-state index contributed by atoms with van der Waals surface area (Å²) in [6, 6.07) is 6.48. The molecule has 0 fully saturated rings. The fourth-order valence-corrected chi connectivity index (χ4v) is 3.99. The molecule has 1 amide bonds. The summed E-state index contributed by atoms with van der Waals surface area (Å²) >= 11 is 0. The summed E-state index contributed by atoms with van der Waals surface area (Å²) in [5, 5.41) is 2.68. The summed E-state index contributed by atoms with van der Waals surface area (Å²) in [5.74, 6) is -4.15. The standard InChI is InChI=1S/C23H26N2O9/c1-4-31-16(26)12-15-17(20(27)32-5-2)23(13-8-6-7-9-14(13)25-22(23)29)18(19(24)34-15)21(28)33-11-10-30-3/h6-9H,4-5,10-12,24H2,1-3H3,(H,25,29)/t23-/m1/s1. The highest BCUT2D eigenvalue weighted by molar-refractivity contribution is 6.21. The molecule has 11 heteroatoms. The van der Waals surface area contributed by atoms with Crippen LogP contribution in [0.5, 0.6) is 0 Å².